The maximum atomic E-state index is 12.8. The Kier molecular flexibility index (Phi) is 6.97. The molecular formula is C25H22ClN7O3S. The molecule has 3 aromatic carbocycles. The van der Waals surface area contributed by atoms with Crippen molar-refractivity contribution in [3.05, 3.63) is 81.4 Å². The molecule has 0 unspecified atom stereocenters. The molecule has 2 heterocycles. The number of nitrogens with one attached hydrogen (secondary N) is 2. The summed E-state index contributed by atoms with van der Waals surface area (Å²) in [7, 11) is 0. The Morgan fingerprint density at radius 3 is 2.43 bits per heavy atom. The van der Waals surface area contributed by atoms with E-state index in [0.717, 1.165) is 38.0 Å². The molecule has 12 heteroatoms. The fraction of sp³-hybridized carbons (Fsp3) is 0.200. The number of hydrogen-bond acceptors (Lipinski definition) is 7. The van der Waals surface area contributed by atoms with Gasteiger partial charge >= 0.3 is 0 Å². The van der Waals surface area contributed by atoms with Crippen molar-refractivity contribution in [3.8, 4) is 5.69 Å². The second kappa shape index (κ2) is 10.5. The third kappa shape index (κ3) is 5.52. The number of carbonyl (C=O) groups is 1. The van der Waals surface area contributed by atoms with Gasteiger partial charge in [-0.25, -0.2) is 0 Å². The van der Waals surface area contributed by atoms with Crippen LogP contribution in [0.4, 0.5) is 17.1 Å². The van der Waals surface area contributed by atoms with E-state index in [4.69, 9.17) is 23.8 Å². The molecule has 10 nitrogen and oxygen atoms in total. The highest BCUT2D eigenvalue weighted by Gasteiger charge is 2.23. The molecule has 0 spiro atoms. The van der Waals surface area contributed by atoms with Gasteiger partial charge in [-0.15, -0.1) is 10.2 Å². The van der Waals surface area contributed by atoms with Crippen molar-refractivity contribution in [2.45, 2.75) is 19.3 Å². The Morgan fingerprint density at radius 1 is 0.973 bits per heavy atom. The molecule has 0 saturated carbocycles. The number of thiocarbonyl (C=S) groups is 1. The lowest BCUT2D eigenvalue weighted by atomic mass is 10.1. The number of aromatic nitrogens is 3. The highest BCUT2D eigenvalue weighted by molar-refractivity contribution is 7.80. The summed E-state index contributed by atoms with van der Waals surface area (Å²) in [5.74, 6) is -0.541. The van der Waals surface area contributed by atoms with Gasteiger partial charge in [-0.1, -0.05) is 11.6 Å². The number of fused-ring (bicyclic) bond motifs is 1. The summed E-state index contributed by atoms with van der Waals surface area (Å²) in [6, 6.07) is 17.0. The number of anilines is 2. The first-order chi connectivity index (χ1) is 17.9. The molecule has 1 fully saturated rings. The number of carbonyl (C=O) groups excluding carboxylic acids is 1. The van der Waals surface area contributed by atoms with Crippen molar-refractivity contribution in [1.29, 1.82) is 0 Å². The number of nitro benzene ring substituents is 1. The van der Waals surface area contributed by atoms with Crippen LogP contribution in [0.15, 0.2) is 60.7 Å². The minimum absolute atomic E-state index is 0.0530. The Labute approximate surface area is 222 Å². The zero-order valence-electron chi connectivity index (χ0n) is 19.6. The van der Waals surface area contributed by atoms with Crippen LogP contribution in [-0.2, 0) is 0 Å². The van der Waals surface area contributed by atoms with E-state index >= 15 is 0 Å². The number of nitro groups is 1. The third-order valence-corrected chi connectivity index (χ3v) is 6.51. The summed E-state index contributed by atoms with van der Waals surface area (Å²) in [5, 5.41) is 26.9. The van der Waals surface area contributed by atoms with E-state index in [1.54, 1.807) is 42.5 Å². The van der Waals surface area contributed by atoms with Gasteiger partial charge in [0.1, 0.15) is 16.7 Å². The number of piperidine rings is 1. The van der Waals surface area contributed by atoms with Gasteiger partial charge in [0.15, 0.2) is 5.11 Å². The van der Waals surface area contributed by atoms with Crippen LogP contribution in [0.5, 0.6) is 0 Å². The van der Waals surface area contributed by atoms with Gasteiger partial charge in [0.25, 0.3) is 11.6 Å². The van der Waals surface area contributed by atoms with Crippen molar-refractivity contribution in [1.82, 2.24) is 20.3 Å². The molecular weight excluding hydrogens is 514 g/mol. The van der Waals surface area contributed by atoms with E-state index in [-0.39, 0.29) is 16.4 Å². The number of benzene rings is 3. The quantitative estimate of drug-likeness (QED) is 0.206. The zero-order chi connectivity index (χ0) is 25.9. The second-order valence-corrected chi connectivity index (χ2v) is 9.43. The lowest BCUT2D eigenvalue weighted by Gasteiger charge is -2.28. The molecule has 0 bridgehead atoms. The van der Waals surface area contributed by atoms with Crippen LogP contribution in [0.1, 0.15) is 29.6 Å². The zero-order valence-corrected chi connectivity index (χ0v) is 21.1. The van der Waals surface area contributed by atoms with Crippen LogP contribution < -0.4 is 15.5 Å². The van der Waals surface area contributed by atoms with Crippen molar-refractivity contribution in [2.24, 2.45) is 0 Å². The third-order valence-electron chi connectivity index (χ3n) is 6.05. The predicted molar refractivity (Wildman–Crippen MR) is 147 cm³/mol. The molecule has 0 aliphatic carbocycles. The predicted octanol–water partition coefficient (Wildman–Crippen LogP) is 5.10. The van der Waals surface area contributed by atoms with E-state index in [2.05, 4.69) is 20.8 Å². The standard InChI is InChI=1S/C25H22ClN7O3S/c26-17-5-8-19(9-6-17)32-29-20-10-7-18(15-21(20)30-32)27-25(37)28-24(34)16-4-11-22(23(14-16)33(35)36)31-12-2-1-3-13-31/h4-11,14-15H,1-3,12-13H2,(H2,27,28,34,37). The van der Waals surface area contributed by atoms with Crippen LogP contribution in [0.25, 0.3) is 16.7 Å². The Morgan fingerprint density at radius 2 is 1.70 bits per heavy atom. The summed E-state index contributed by atoms with van der Waals surface area (Å²) in [6.45, 7) is 1.52. The van der Waals surface area contributed by atoms with Crippen LogP contribution in [0.3, 0.4) is 0 Å². The van der Waals surface area contributed by atoms with Gasteiger partial charge in [-0.2, -0.15) is 4.80 Å². The highest BCUT2D eigenvalue weighted by Crippen LogP contribution is 2.31. The van der Waals surface area contributed by atoms with E-state index in [0.29, 0.717) is 27.4 Å². The molecule has 0 radical (unpaired) electrons. The monoisotopic (exact) mass is 535 g/mol. The van der Waals surface area contributed by atoms with Crippen molar-refractivity contribution in [3.63, 3.8) is 0 Å². The summed E-state index contributed by atoms with van der Waals surface area (Å²) >= 11 is 11.3. The Balaban J connectivity index is 1.28. The summed E-state index contributed by atoms with van der Waals surface area (Å²) in [6.07, 6.45) is 3.09. The smallest absolute Gasteiger partial charge is 0.293 e. The van der Waals surface area contributed by atoms with E-state index < -0.39 is 10.8 Å². The molecule has 37 heavy (non-hydrogen) atoms. The molecule has 1 aromatic heterocycles. The number of halogens is 1. The SMILES string of the molecule is O=C(NC(=S)Nc1ccc2nn(-c3ccc(Cl)cc3)nc2c1)c1ccc(N2CCCCC2)c([N+](=O)[O-])c1. The van der Waals surface area contributed by atoms with Crippen LogP contribution in [-0.4, -0.2) is 44.0 Å². The average Bonchev–Trinajstić information content (AvgIpc) is 3.32. The van der Waals surface area contributed by atoms with Gasteiger partial charge in [0.2, 0.25) is 0 Å². The van der Waals surface area contributed by atoms with E-state index in [1.807, 2.05) is 17.0 Å². The molecule has 1 aliphatic rings. The first kappa shape index (κ1) is 24.6. The van der Waals surface area contributed by atoms with Crippen molar-refractivity contribution >= 4 is 62.9 Å². The maximum absolute atomic E-state index is 12.8. The minimum atomic E-state index is -0.541. The first-order valence-electron chi connectivity index (χ1n) is 11.7. The van der Waals surface area contributed by atoms with Crippen LogP contribution in [0.2, 0.25) is 5.02 Å². The maximum Gasteiger partial charge on any atom is 0.293 e. The van der Waals surface area contributed by atoms with Crippen LogP contribution in [0, 0.1) is 10.1 Å². The van der Waals surface area contributed by atoms with E-state index in [9.17, 15) is 14.9 Å². The van der Waals surface area contributed by atoms with Gasteiger partial charge in [0, 0.05) is 35.4 Å². The number of nitrogens with zero attached hydrogens (tertiary/aromatic N) is 5. The molecule has 188 valence electrons. The van der Waals surface area contributed by atoms with Crippen molar-refractivity contribution < 1.29 is 9.72 Å². The molecule has 0 atom stereocenters. The van der Waals surface area contributed by atoms with Crippen molar-refractivity contribution in [2.75, 3.05) is 23.3 Å². The normalized spacial score (nSPS) is 13.4. The topological polar surface area (TPSA) is 118 Å². The first-order valence-corrected chi connectivity index (χ1v) is 12.4. The van der Waals surface area contributed by atoms with E-state index in [1.165, 1.54) is 10.9 Å². The van der Waals surface area contributed by atoms with Gasteiger partial charge in [-0.05, 0) is 86.1 Å². The molecule has 1 aliphatic heterocycles. The largest absolute Gasteiger partial charge is 0.366 e. The second-order valence-electron chi connectivity index (χ2n) is 8.59. The minimum Gasteiger partial charge on any atom is -0.366 e. The van der Waals surface area contributed by atoms with Gasteiger partial charge < -0.3 is 10.2 Å². The van der Waals surface area contributed by atoms with Gasteiger partial charge in [-0.3, -0.25) is 20.2 Å². The Hall–Kier alpha value is -4.09. The number of rotatable bonds is 5. The summed E-state index contributed by atoms with van der Waals surface area (Å²) < 4.78 is 0. The summed E-state index contributed by atoms with van der Waals surface area (Å²) in [4.78, 5) is 27.5. The fourth-order valence-corrected chi connectivity index (χ4v) is 4.57. The van der Waals surface area contributed by atoms with Crippen LogP contribution >= 0.6 is 23.8 Å². The Bertz CT molecular complexity index is 1500. The molecule has 2 N–H and O–H groups in total. The fourth-order valence-electron chi connectivity index (χ4n) is 4.23. The summed E-state index contributed by atoms with van der Waals surface area (Å²) in [5.41, 5.74) is 3.25. The molecule has 1 amide bonds. The lowest BCUT2D eigenvalue weighted by Crippen LogP contribution is -2.34. The average molecular weight is 536 g/mol. The molecule has 1 saturated heterocycles. The molecule has 4 aromatic rings. The number of hydrogen-bond donors (Lipinski definition) is 2. The highest BCUT2D eigenvalue weighted by atomic mass is 35.5. The number of amides is 1. The lowest BCUT2D eigenvalue weighted by molar-refractivity contribution is -0.384. The van der Waals surface area contributed by atoms with Gasteiger partial charge in [0.05, 0.1) is 10.6 Å². The molecule has 5 rings (SSSR count).